The van der Waals surface area contributed by atoms with Crippen LogP contribution in [0.15, 0.2) is 188 Å². The van der Waals surface area contributed by atoms with Crippen LogP contribution in [0.25, 0.3) is 89.8 Å². The minimum Gasteiger partial charge on any atom is -0.264 e. The maximum Gasteiger partial charge on any atom is 0.164 e. The molecule has 2 aromatic heterocycles. The van der Waals surface area contributed by atoms with Gasteiger partial charge in [-0.05, 0) is 97.8 Å². The lowest BCUT2D eigenvalue weighted by molar-refractivity contribution is 0.353. The summed E-state index contributed by atoms with van der Waals surface area (Å²) in [4.78, 5) is 19.1. The molecule has 7 aromatic carbocycles. The molecule has 9 aromatic rings. The highest BCUT2D eigenvalue weighted by Gasteiger charge is 2.44. The van der Waals surface area contributed by atoms with Crippen molar-refractivity contribution in [1.29, 1.82) is 5.26 Å². The predicted molar refractivity (Wildman–Crippen MR) is 250 cm³/mol. The quantitative estimate of drug-likeness (QED) is 0.161. The topological polar surface area (TPSA) is 75.3 Å². The van der Waals surface area contributed by atoms with Crippen LogP contribution in [-0.2, 0) is 5.41 Å². The first-order chi connectivity index (χ1) is 30.6. The number of benzene rings is 7. The van der Waals surface area contributed by atoms with Gasteiger partial charge in [-0.3, -0.25) is 4.98 Å². The molecular weight excluding hydrogens is 755 g/mol. The molecule has 2 heterocycles. The summed E-state index contributed by atoms with van der Waals surface area (Å²) < 4.78 is 0. The number of fused-ring (bicyclic) bond motifs is 5. The van der Waals surface area contributed by atoms with Gasteiger partial charge >= 0.3 is 0 Å². The molecule has 0 amide bonds. The summed E-state index contributed by atoms with van der Waals surface area (Å²) in [6.45, 7) is 0. The third kappa shape index (κ3) is 6.67. The van der Waals surface area contributed by atoms with Gasteiger partial charge in [0.05, 0.1) is 11.6 Å². The normalized spacial score (nSPS) is 13.6. The lowest BCUT2D eigenvalue weighted by Gasteiger charge is -2.36. The molecule has 5 heteroatoms. The van der Waals surface area contributed by atoms with Crippen LogP contribution in [0.1, 0.15) is 48.8 Å². The molecule has 62 heavy (non-hydrogen) atoms. The van der Waals surface area contributed by atoms with E-state index in [4.69, 9.17) is 15.0 Å². The second kappa shape index (κ2) is 15.7. The van der Waals surface area contributed by atoms with Crippen LogP contribution >= 0.6 is 0 Å². The first-order valence-electron chi connectivity index (χ1n) is 21.5. The van der Waals surface area contributed by atoms with E-state index in [1.807, 2.05) is 48.7 Å². The number of nitrogens with zero attached hydrogens (tertiary/aromatic N) is 5. The molecule has 0 N–H and O–H groups in total. The van der Waals surface area contributed by atoms with Crippen LogP contribution in [-0.4, -0.2) is 19.9 Å². The van der Waals surface area contributed by atoms with Crippen molar-refractivity contribution in [3.05, 3.63) is 205 Å². The zero-order chi connectivity index (χ0) is 41.5. The zero-order valence-electron chi connectivity index (χ0n) is 34.2. The fourth-order valence-corrected chi connectivity index (χ4v) is 9.75. The van der Waals surface area contributed by atoms with Crippen LogP contribution in [0, 0.1) is 11.3 Å². The van der Waals surface area contributed by atoms with Crippen molar-refractivity contribution in [2.45, 2.75) is 37.5 Å². The highest BCUT2D eigenvalue weighted by atomic mass is 15.0. The summed E-state index contributed by atoms with van der Waals surface area (Å²) in [5.41, 5.74) is 18.2. The molecule has 0 bridgehead atoms. The minimum atomic E-state index is 0.00508. The first-order valence-corrected chi connectivity index (χ1v) is 21.5. The average molecular weight is 796 g/mol. The maximum atomic E-state index is 9.80. The Labute approximate surface area is 362 Å². The summed E-state index contributed by atoms with van der Waals surface area (Å²) in [7, 11) is 0. The van der Waals surface area contributed by atoms with Crippen LogP contribution in [0.5, 0.6) is 0 Å². The molecule has 5 nitrogen and oxygen atoms in total. The van der Waals surface area contributed by atoms with Crippen molar-refractivity contribution in [3.8, 4) is 95.9 Å². The van der Waals surface area contributed by atoms with E-state index in [1.165, 1.54) is 63.8 Å². The fraction of sp³-hybridized carbons (Fsp3) is 0.105. The van der Waals surface area contributed by atoms with Gasteiger partial charge in [0.1, 0.15) is 0 Å². The third-order valence-electron chi connectivity index (χ3n) is 12.9. The molecular formula is C57H41N5. The zero-order valence-corrected chi connectivity index (χ0v) is 34.2. The van der Waals surface area contributed by atoms with E-state index < -0.39 is 0 Å². The number of rotatable bonds is 7. The number of hydrogen-bond donors (Lipinski definition) is 0. The van der Waals surface area contributed by atoms with Crippen molar-refractivity contribution in [2.24, 2.45) is 0 Å². The van der Waals surface area contributed by atoms with Crippen molar-refractivity contribution in [3.63, 3.8) is 0 Å². The van der Waals surface area contributed by atoms with Gasteiger partial charge in [-0.25, -0.2) is 15.0 Å². The Kier molecular flexibility index (Phi) is 9.40. The Hall–Kier alpha value is -7.81. The molecule has 1 saturated carbocycles. The Bertz CT molecular complexity index is 3110. The van der Waals surface area contributed by atoms with Crippen molar-refractivity contribution < 1.29 is 0 Å². The number of pyridine rings is 1. The minimum absolute atomic E-state index is 0.00508. The van der Waals surface area contributed by atoms with E-state index in [0.717, 1.165) is 57.3 Å². The molecule has 1 fully saturated rings. The van der Waals surface area contributed by atoms with E-state index >= 15 is 0 Å². The van der Waals surface area contributed by atoms with E-state index in [1.54, 1.807) is 6.20 Å². The van der Waals surface area contributed by atoms with E-state index in [9.17, 15) is 5.26 Å². The number of aromatic nitrogens is 4. The van der Waals surface area contributed by atoms with Gasteiger partial charge in [-0.15, -0.1) is 0 Å². The molecule has 11 rings (SSSR count). The van der Waals surface area contributed by atoms with Gasteiger partial charge in [-0.1, -0.05) is 177 Å². The van der Waals surface area contributed by atoms with Gasteiger partial charge in [0.15, 0.2) is 17.5 Å². The summed E-state index contributed by atoms with van der Waals surface area (Å²) in [5, 5.41) is 9.80. The Morgan fingerprint density at radius 2 is 0.903 bits per heavy atom. The van der Waals surface area contributed by atoms with Crippen LogP contribution in [0.3, 0.4) is 0 Å². The third-order valence-corrected chi connectivity index (χ3v) is 12.9. The Morgan fingerprint density at radius 1 is 0.403 bits per heavy atom. The van der Waals surface area contributed by atoms with Crippen LogP contribution in [0.4, 0.5) is 0 Å². The lowest BCUT2D eigenvalue weighted by atomic mass is 9.67. The van der Waals surface area contributed by atoms with Gasteiger partial charge in [0.2, 0.25) is 0 Å². The van der Waals surface area contributed by atoms with E-state index in [2.05, 4.69) is 145 Å². The van der Waals surface area contributed by atoms with Gasteiger partial charge in [0.25, 0.3) is 0 Å². The maximum absolute atomic E-state index is 9.80. The summed E-state index contributed by atoms with van der Waals surface area (Å²) in [6.07, 6.45) is 9.67. The van der Waals surface area contributed by atoms with E-state index in [-0.39, 0.29) is 5.41 Å². The number of hydrogen-bond acceptors (Lipinski definition) is 5. The molecule has 0 unspecified atom stereocenters. The SMILES string of the molecule is N#Cc1ccc2c(c1)C1(CCCCC1)c1cccc(-c3ccc(-c4ccc(-c5ccc(-c6nc(-c7ccccc7)nc(-c7ccc(-c8cccnc8)cc7)n6)cc5)cc4)cc3)c1-2. The molecule has 2 aliphatic carbocycles. The monoisotopic (exact) mass is 795 g/mol. The highest BCUT2D eigenvalue weighted by molar-refractivity contribution is 5.93. The lowest BCUT2D eigenvalue weighted by Crippen LogP contribution is -2.28. The van der Waals surface area contributed by atoms with E-state index in [0.29, 0.717) is 17.5 Å². The Balaban J connectivity index is 0.855. The van der Waals surface area contributed by atoms with Crippen molar-refractivity contribution in [1.82, 2.24) is 19.9 Å². The summed E-state index contributed by atoms with van der Waals surface area (Å²) in [6, 6.07) is 64.2. The van der Waals surface area contributed by atoms with Gasteiger partial charge in [-0.2, -0.15) is 5.26 Å². The van der Waals surface area contributed by atoms with Gasteiger partial charge in [0, 0.05) is 34.5 Å². The molecule has 294 valence electrons. The van der Waals surface area contributed by atoms with Crippen LogP contribution in [0.2, 0.25) is 0 Å². The summed E-state index contributed by atoms with van der Waals surface area (Å²) >= 11 is 0. The van der Waals surface area contributed by atoms with Crippen molar-refractivity contribution >= 4 is 0 Å². The molecule has 1 spiro atoms. The highest BCUT2D eigenvalue weighted by Crippen LogP contribution is 2.58. The first kappa shape index (κ1) is 37.2. The molecule has 0 saturated heterocycles. The molecule has 0 atom stereocenters. The molecule has 2 aliphatic rings. The molecule has 0 radical (unpaired) electrons. The smallest absolute Gasteiger partial charge is 0.164 e. The average Bonchev–Trinajstić information content (AvgIpc) is 3.62. The fourth-order valence-electron chi connectivity index (χ4n) is 9.75. The number of nitriles is 1. The predicted octanol–water partition coefficient (Wildman–Crippen LogP) is 14.0. The molecule has 0 aliphatic heterocycles. The second-order valence-corrected chi connectivity index (χ2v) is 16.5. The van der Waals surface area contributed by atoms with Crippen molar-refractivity contribution in [2.75, 3.05) is 0 Å². The standard InChI is InChI=1S/C57H41N5/c58-36-38-14-31-50-52(35-38)57(32-5-2-6-33-57)51-13-7-12-49(53(50)51)44-25-19-41(20-26-44)39-15-17-40(18-16-39)42-21-27-46(28-22-42)55-60-54(45-9-3-1-4-10-45)61-56(62-55)47-29-23-43(24-30-47)48-11-8-34-59-37-48/h1,3-4,7-31,34-35,37H,2,5-6,32-33H2. The Morgan fingerprint density at radius 3 is 1.44 bits per heavy atom. The van der Waals surface area contributed by atoms with Gasteiger partial charge < -0.3 is 0 Å². The largest absolute Gasteiger partial charge is 0.264 e. The van der Waals surface area contributed by atoms with Crippen LogP contribution < -0.4 is 0 Å². The second-order valence-electron chi connectivity index (χ2n) is 16.5. The summed E-state index contributed by atoms with van der Waals surface area (Å²) in [5.74, 6) is 1.89.